The van der Waals surface area contributed by atoms with Gasteiger partial charge in [0.25, 0.3) is 5.56 Å². The van der Waals surface area contributed by atoms with Crippen LogP contribution in [0.25, 0.3) is 11.0 Å². The number of nitrogens with zero attached hydrogens (tertiary/aromatic N) is 3. The molecule has 1 aliphatic rings. The Morgan fingerprint density at radius 1 is 1.19 bits per heavy atom. The Morgan fingerprint density at radius 2 is 1.94 bits per heavy atom. The third-order valence-corrected chi connectivity index (χ3v) is 6.23. The summed E-state index contributed by atoms with van der Waals surface area (Å²) in [4.78, 5) is 46.5. The molecule has 3 aromatic rings. The number of esters is 1. The van der Waals surface area contributed by atoms with E-state index in [0.717, 1.165) is 29.7 Å². The zero-order valence-electron chi connectivity index (χ0n) is 18.4. The lowest BCUT2D eigenvalue weighted by Gasteiger charge is -2.16. The highest BCUT2D eigenvalue weighted by atomic mass is 32.2. The molecule has 0 aliphatic heterocycles. The minimum absolute atomic E-state index is 0.0909. The number of methoxy groups -OCH3 is 1. The lowest BCUT2D eigenvalue weighted by atomic mass is 10.1. The number of thioether (sulfide) groups is 1. The standard InChI is InChI=1S/C23H24N4O4S/c1-12-5-8-17(13(2)9-12)25-18(28)11-32-23-26-21(29)19-16(22(30)31-4)10-14(3)24-20(19)27(23)15-6-7-15/h5,8-10,15H,6-7,11H2,1-4H3,(H,25,28). The van der Waals surface area contributed by atoms with Gasteiger partial charge in [-0.15, -0.1) is 0 Å². The van der Waals surface area contributed by atoms with Crippen molar-refractivity contribution in [2.75, 3.05) is 18.2 Å². The number of aryl methyl sites for hydroxylation is 3. The van der Waals surface area contributed by atoms with E-state index < -0.39 is 11.5 Å². The first-order valence-electron chi connectivity index (χ1n) is 10.3. The van der Waals surface area contributed by atoms with Crippen molar-refractivity contribution in [2.24, 2.45) is 0 Å². The third-order valence-electron chi connectivity index (χ3n) is 5.28. The van der Waals surface area contributed by atoms with Gasteiger partial charge in [-0.1, -0.05) is 29.5 Å². The number of fused-ring (bicyclic) bond motifs is 1. The number of benzene rings is 1. The number of carbonyl (C=O) groups excluding carboxylic acids is 2. The van der Waals surface area contributed by atoms with E-state index in [9.17, 15) is 14.4 Å². The Bertz CT molecular complexity index is 1300. The molecular weight excluding hydrogens is 428 g/mol. The summed E-state index contributed by atoms with van der Waals surface area (Å²) < 4.78 is 6.73. The lowest BCUT2D eigenvalue weighted by molar-refractivity contribution is -0.113. The van der Waals surface area contributed by atoms with Crippen LogP contribution in [-0.4, -0.2) is 39.3 Å². The molecule has 4 rings (SSSR count). The fraction of sp³-hybridized carbons (Fsp3) is 0.348. The Labute approximate surface area is 189 Å². The minimum Gasteiger partial charge on any atom is -0.465 e. The van der Waals surface area contributed by atoms with Crippen LogP contribution in [-0.2, 0) is 9.53 Å². The number of ether oxygens (including phenoxy) is 1. The zero-order valence-corrected chi connectivity index (χ0v) is 19.2. The van der Waals surface area contributed by atoms with E-state index in [2.05, 4.69) is 15.3 Å². The number of aromatic nitrogens is 3. The second-order valence-corrected chi connectivity index (χ2v) is 8.90. The molecule has 1 fully saturated rings. The van der Waals surface area contributed by atoms with E-state index in [0.29, 0.717) is 16.5 Å². The molecular formula is C23H24N4O4S. The number of amides is 1. The van der Waals surface area contributed by atoms with Crippen LogP contribution in [0.3, 0.4) is 0 Å². The highest BCUT2D eigenvalue weighted by Crippen LogP contribution is 2.39. The van der Waals surface area contributed by atoms with Gasteiger partial charge in [0.05, 0.1) is 23.8 Å². The molecule has 0 atom stereocenters. The maximum atomic E-state index is 12.9. The van der Waals surface area contributed by atoms with E-state index in [1.54, 1.807) is 13.0 Å². The van der Waals surface area contributed by atoms with Crippen molar-refractivity contribution in [3.05, 3.63) is 57.0 Å². The monoisotopic (exact) mass is 452 g/mol. The molecule has 0 saturated heterocycles. The van der Waals surface area contributed by atoms with Crippen molar-refractivity contribution in [1.82, 2.24) is 14.5 Å². The Morgan fingerprint density at radius 3 is 2.59 bits per heavy atom. The molecule has 1 aromatic carbocycles. The Hall–Kier alpha value is -3.20. The molecule has 8 nitrogen and oxygen atoms in total. The van der Waals surface area contributed by atoms with Crippen LogP contribution < -0.4 is 10.9 Å². The number of carbonyl (C=O) groups is 2. The third kappa shape index (κ3) is 4.38. The Kier molecular flexibility index (Phi) is 6.01. The quantitative estimate of drug-likeness (QED) is 0.346. The van der Waals surface area contributed by atoms with Crippen molar-refractivity contribution in [3.8, 4) is 0 Å². The van der Waals surface area contributed by atoms with Gasteiger partial charge in [0.15, 0.2) is 5.16 Å². The van der Waals surface area contributed by atoms with E-state index in [1.165, 1.54) is 18.9 Å². The van der Waals surface area contributed by atoms with E-state index in [4.69, 9.17) is 4.74 Å². The van der Waals surface area contributed by atoms with Crippen molar-refractivity contribution >= 4 is 40.4 Å². The molecule has 0 bridgehead atoms. The lowest BCUT2D eigenvalue weighted by Crippen LogP contribution is -2.21. The average molecular weight is 453 g/mol. The van der Waals surface area contributed by atoms with Crippen LogP contribution in [0.1, 0.15) is 46.1 Å². The molecule has 1 aliphatic carbocycles. The number of rotatable bonds is 6. The first-order chi connectivity index (χ1) is 15.3. The van der Waals surface area contributed by atoms with Crippen LogP contribution in [0.15, 0.2) is 34.2 Å². The van der Waals surface area contributed by atoms with Crippen molar-refractivity contribution < 1.29 is 14.3 Å². The fourth-order valence-corrected chi connectivity index (χ4v) is 4.49. The van der Waals surface area contributed by atoms with Crippen LogP contribution in [0.5, 0.6) is 0 Å². The van der Waals surface area contributed by atoms with Gasteiger partial charge >= 0.3 is 5.97 Å². The van der Waals surface area contributed by atoms with Gasteiger partial charge in [0, 0.05) is 17.4 Å². The second kappa shape index (κ2) is 8.74. The van der Waals surface area contributed by atoms with E-state index in [-0.39, 0.29) is 28.7 Å². The first kappa shape index (κ1) is 22.0. The number of pyridine rings is 1. The summed E-state index contributed by atoms with van der Waals surface area (Å²) in [5.74, 6) is -0.700. The van der Waals surface area contributed by atoms with Crippen molar-refractivity contribution in [2.45, 2.75) is 44.8 Å². The zero-order chi connectivity index (χ0) is 23.0. The fourth-order valence-electron chi connectivity index (χ4n) is 3.63. The maximum absolute atomic E-state index is 12.9. The maximum Gasteiger partial charge on any atom is 0.338 e. The second-order valence-electron chi connectivity index (χ2n) is 7.96. The molecule has 166 valence electrons. The highest BCUT2D eigenvalue weighted by Gasteiger charge is 2.30. The summed E-state index contributed by atoms with van der Waals surface area (Å²) in [5.41, 5.74) is 3.47. The van der Waals surface area contributed by atoms with E-state index in [1.807, 2.05) is 36.6 Å². The normalized spacial score (nSPS) is 13.2. The minimum atomic E-state index is -0.602. The molecule has 2 heterocycles. The predicted octanol–water partition coefficient (Wildman–Crippen LogP) is 3.57. The summed E-state index contributed by atoms with van der Waals surface area (Å²) in [6.07, 6.45) is 1.84. The first-order valence-corrected chi connectivity index (χ1v) is 11.3. The van der Waals surface area contributed by atoms with Gasteiger partial charge in [-0.05, 0) is 51.3 Å². The number of anilines is 1. The topological polar surface area (TPSA) is 103 Å². The molecule has 1 saturated carbocycles. The Balaban J connectivity index is 1.67. The largest absolute Gasteiger partial charge is 0.465 e. The SMILES string of the molecule is COC(=O)c1cc(C)nc2c1c(=O)nc(SCC(=O)Nc1ccc(C)cc1C)n2C1CC1. The highest BCUT2D eigenvalue weighted by molar-refractivity contribution is 7.99. The molecule has 1 amide bonds. The number of nitrogens with one attached hydrogen (secondary N) is 1. The number of hydrogen-bond donors (Lipinski definition) is 1. The van der Waals surface area contributed by atoms with Crippen molar-refractivity contribution in [3.63, 3.8) is 0 Å². The summed E-state index contributed by atoms with van der Waals surface area (Å²) in [6.45, 7) is 5.70. The molecule has 2 aromatic heterocycles. The molecule has 0 spiro atoms. The number of hydrogen-bond acceptors (Lipinski definition) is 7. The summed E-state index contributed by atoms with van der Waals surface area (Å²) in [6, 6.07) is 7.50. The van der Waals surface area contributed by atoms with Crippen molar-refractivity contribution in [1.29, 1.82) is 0 Å². The van der Waals surface area contributed by atoms with Gasteiger partial charge < -0.3 is 14.6 Å². The average Bonchev–Trinajstić information content (AvgIpc) is 3.58. The smallest absolute Gasteiger partial charge is 0.338 e. The predicted molar refractivity (Wildman–Crippen MR) is 123 cm³/mol. The van der Waals surface area contributed by atoms with Gasteiger partial charge in [0.2, 0.25) is 5.91 Å². The molecule has 9 heteroatoms. The van der Waals surface area contributed by atoms with Crippen LogP contribution >= 0.6 is 11.8 Å². The summed E-state index contributed by atoms with van der Waals surface area (Å²) in [7, 11) is 1.27. The molecule has 1 N–H and O–H groups in total. The van der Waals surface area contributed by atoms with Gasteiger partial charge in [-0.25, -0.2) is 9.78 Å². The molecule has 0 unspecified atom stereocenters. The van der Waals surface area contributed by atoms with Crippen LogP contribution in [0.4, 0.5) is 5.69 Å². The molecule has 0 radical (unpaired) electrons. The summed E-state index contributed by atoms with van der Waals surface area (Å²) in [5, 5.41) is 3.49. The van der Waals surface area contributed by atoms with Crippen LogP contribution in [0, 0.1) is 20.8 Å². The van der Waals surface area contributed by atoms with Crippen LogP contribution in [0.2, 0.25) is 0 Å². The molecule has 32 heavy (non-hydrogen) atoms. The van der Waals surface area contributed by atoms with Gasteiger partial charge in [-0.3, -0.25) is 9.59 Å². The summed E-state index contributed by atoms with van der Waals surface area (Å²) >= 11 is 1.19. The van der Waals surface area contributed by atoms with Gasteiger partial charge in [-0.2, -0.15) is 4.98 Å². The van der Waals surface area contributed by atoms with Gasteiger partial charge in [0.1, 0.15) is 5.65 Å². The van der Waals surface area contributed by atoms with E-state index >= 15 is 0 Å².